The molecule has 0 aliphatic rings. The second-order valence-electron chi connectivity index (χ2n) is 11.1. The fourth-order valence-corrected chi connectivity index (χ4v) is 4.34. The van der Waals surface area contributed by atoms with Crippen LogP contribution in [0.1, 0.15) is 97.7 Å². The number of nitrogens with zero attached hydrogens (tertiary/aromatic N) is 1. The number of amides is 3. The van der Waals surface area contributed by atoms with Crippen LogP contribution in [-0.4, -0.2) is 52.8 Å². The van der Waals surface area contributed by atoms with Crippen LogP contribution in [0.5, 0.6) is 0 Å². The number of alkyl carbamates (subject to hydrolysis) is 1. The van der Waals surface area contributed by atoms with Gasteiger partial charge in [-0.2, -0.15) is 12.6 Å². The molecule has 1 aromatic rings. The highest BCUT2D eigenvalue weighted by Gasteiger charge is 2.39. The number of carbonyl (C=O) groups is 3. The van der Waals surface area contributed by atoms with Gasteiger partial charge in [-0.1, -0.05) is 57.7 Å². The van der Waals surface area contributed by atoms with Crippen molar-refractivity contribution < 1.29 is 19.1 Å². The number of terminal acetylenes is 1. The van der Waals surface area contributed by atoms with E-state index in [2.05, 4.69) is 50.0 Å². The number of carbonyl (C=O) groups excluding carboxylic acids is 3. The number of hydrogen-bond donors (Lipinski definition) is 3. The minimum atomic E-state index is -0.997. The Balaban J connectivity index is 3.55. The SMILES string of the molecule is C#Cc1ccccc1C(C(=O)NCCCCC)N(C(=O)C(CS)NC(=O)OC(C)(C)C)C(C)CCC(C)C. The third-order valence-corrected chi connectivity index (χ3v) is 6.44. The number of hydrogen-bond acceptors (Lipinski definition) is 5. The Morgan fingerprint density at radius 3 is 2.32 bits per heavy atom. The number of ether oxygens (including phenoxy) is 1. The van der Waals surface area contributed by atoms with Crippen molar-refractivity contribution >= 4 is 30.5 Å². The van der Waals surface area contributed by atoms with E-state index in [9.17, 15) is 14.4 Å². The van der Waals surface area contributed by atoms with Crippen molar-refractivity contribution in [3.63, 3.8) is 0 Å². The van der Waals surface area contributed by atoms with Crippen LogP contribution in [0.4, 0.5) is 4.79 Å². The molecule has 0 aromatic heterocycles. The molecule has 8 heteroatoms. The van der Waals surface area contributed by atoms with Crippen molar-refractivity contribution in [1.29, 1.82) is 0 Å². The maximum Gasteiger partial charge on any atom is 0.408 e. The lowest BCUT2D eigenvalue weighted by Crippen LogP contribution is -2.56. The highest BCUT2D eigenvalue weighted by atomic mass is 32.1. The van der Waals surface area contributed by atoms with Crippen LogP contribution in [0.25, 0.3) is 0 Å². The summed E-state index contributed by atoms with van der Waals surface area (Å²) in [5.74, 6) is 2.40. The Kier molecular flexibility index (Phi) is 14.3. The van der Waals surface area contributed by atoms with Crippen molar-refractivity contribution in [1.82, 2.24) is 15.5 Å². The van der Waals surface area contributed by atoms with Crippen LogP contribution >= 0.6 is 12.6 Å². The van der Waals surface area contributed by atoms with Crippen LogP contribution in [0.2, 0.25) is 0 Å². The predicted molar refractivity (Wildman–Crippen MR) is 157 cm³/mol. The van der Waals surface area contributed by atoms with Gasteiger partial charge >= 0.3 is 6.09 Å². The van der Waals surface area contributed by atoms with Crippen LogP contribution in [-0.2, 0) is 14.3 Å². The molecule has 3 unspecified atom stereocenters. The Hall–Kier alpha value is -2.66. The first-order valence-corrected chi connectivity index (χ1v) is 14.2. The second-order valence-corrected chi connectivity index (χ2v) is 11.4. The number of nitrogens with one attached hydrogen (secondary N) is 2. The van der Waals surface area contributed by atoms with Gasteiger partial charge in [0.1, 0.15) is 17.7 Å². The molecule has 1 rings (SSSR count). The zero-order valence-corrected chi connectivity index (χ0v) is 25.1. The number of unbranched alkanes of at least 4 members (excludes halogenated alkanes) is 2. The van der Waals surface area contributed by atoms with E-state index in [0.29, 0.717) is 30.0 Å². The molecule has 1 aromatic carbocycles. The van der Waals surface area contributed by atoms with Crippen molar-refractivity contribution in [3.8, 4) is 12.3 Å². The maximum absolute atomic E-state index is 14.1. The molecule has 7 nitrogen and oxygen atoms in total. The van der Waals surface area contributed by atoms with Gasteiger partial charge in [0.15, 0.2) is 0 Å². The van der Waals surface area contributed by atoms with E-state index in [1.54, 1.807) is 37.8 Å². The van der Waals surface area contributed by atoms with E-state index < -0.39 is 29.7 Å². The Labute approximate surface area is 235 Å². The average Bonchev–Trinajstić information content (AvgIpc) is 2.85. The van der Waals surface area contributed by atoms with Crippen LogP contribution in [0.3, 0.4) is 0 Å². The summed E-state index contributed by atoms with van der Waals surface area (Å²) in [6, 6.07) is 4.89. The van der Waals surface area contributed by atoms with Crippen molar-refractivity contribution in [2.45, 2.75) is 104 Å². The van der Waals surface area contributed by atoms with E-state index in [1.807, 2.05) is 19.1 Å². The third-order valence-electron chi connectivity index (χ3n) is 6.08. The van der Waals surface area contributed by atoms with Gasteiger partial charge in [0.25, 0.3) is 0 Å². The zero-order chi connectivity index (χ0) is 28.9. The zero-order valence-electron chi connectivity index (χ0n) is 24.2. The summed E-state index contributed by atoms with van der Waals surface area (Å²) in [5, 5.41) is 5.67. The highest BCUT2D eigenvalue weighted by Crippen LogP contribution is 2.29. The molecule has 0 saturated heterocycles. The van der Waals surface area contributed by atoms with Gasteiger partial charge in [0.05, 0.1) is 0 Å². The van der Waals surface area contributed by atoms with Gasteiger partial charge < -0.3 is 20.3 Å². The van der Waals surface area contributed by atoms with E-state index >= 15 is 0 Å². The van der Waals surface area contributed by atoms with Crippen molar-refractivity contribution in [3.05, 3.63) is 35.4 Å². The first-order valence-electron chi connectivity index (χ1n) is 13.6. The Morgan fingerprint density at radius 1 is 1.11 bits per heavy atom. The highest BCUT2D eigenvalue weighted by molar-refractivity contribution is 7.80. The molecule has 0 fully saturated rings. The van der Waals surface area contributed by atoms with Gasteiger partial charge in [0, 0.05) is 23.9 Å². The van der Waals surface area contributed by atoms with Gasteiger partial charge in [0.2, 0.25) is 11.8 Å². The Bertz CT molecular complexity index is 952. The van der Waals surface area contributed by atoms with E-state index in [1.165, 1.54) is 0 Å². The van der Waals surface area contributed by atoms with Crippen LogP contribution in [0.15, 0.2) is 24.3 Å². The summed E-state index contributed by atoms with van der Waals surface area (Å²) in [6.07, 6.45) is 9.48. The predicted octanol–water partition coefficient (Wildman–Crippen LogP) is 5.49. The summed E-state index contributed by atoms with van der Waals surface area (Å²) >= 11 is 4.36. The fraction of sp³-hybridized carbons (Fsp3) is 0.633. The molecule has 3 amide bonds. The lowest BCUT2D eigenvalue weighted by atomic mass is 9.94. The van der Waals surface area contributed by atoms with Crippen LogP contribution < -0.4 is 10.6 Å². The Morgan fingerprint density at radius 2 is 1.76 bits per heavy atom. The van der Waals surface area contributed by atoms with Crippen molar-refractivity contribution in [2.75, 3.05) is 12.3 Å². The summed E-state index contributed by atoms with van der Waals surface area (Å²) in [6.45, 7) is 14.0. The molecule has 212 valence electrons. The second kappa shape index (κ2) is 16.3. The first kappa shape index (κ1) is 33.4. The van der Waals surface area contributed by atoms with Gasteiger partial charge in [-0.05, 0) is 64.5 Å². The lowest BCUT2D eigenvalue weighted by molar-refractivity contribution is -0.144. The van der Waals surface area contributed by atoms with Crippen molar-refractivity contribution in [2.24, 2.45) is 5.92 Å². The molecule has 0 spiro atoms. The average molecular weight is 546 g/mol. The number of thiol groups is 1. The summed E-state index contributed by atoms with van der Waals surface area (Å²) in [4.78, 5) is 42.1. The molecule has 0 aliphatic heterocycles. The largest absolute Gasteiger partial charge is 0.444 e. The monoisotopic (exact) mass is 545 g/mol. The molecule has 38 heavy (non-hydrogen) atoms. The molecule has 0 heterocycles. The smallest absolute Gasteiger partial charge is 0.408 e. The molecule has 0 bridgehead atoms. The molecule has 3 atom stereocenters. The van der Waals surface area contributed by atoms with Gasteiger partial charge in [-0.3, -0.25) is 9.59 Å². The fourth-order valence-electron chi connectivity index (χ4n) is 4.10. The minimum Gasteiger partial charge on any atom is -0.444 e. The molecular weight excluding hydrogens is 498 g/mol. The summed E-state index contributed by atoms with van der Waals surface area (Å²) in [5.41, 5.74) is 0.381. The standard InChI is InChI=1S/C30H47N3O4S/c1-9-11-14-19-31-27(34)26(24-16-13-12-15-23(24)10-2)33(22(5)18-17-21(3)4)28(35)25(20-38)32-29(36)37-30(6,7)8/h2,12-13,15-16,21-22,25-26,38H,9,11,14,17-20H2,1,3-8H3,(H,31,34)(H,32,36). The van der Waals surface area contributed by atoms with E-state index in [4.69, 9.17) is 11.2 Å². The van der Waals surface area contributed by atoms with E-state index in [0.717, 1.165) is 25.7 Å². The lowest BCUT2D eigenvalue weighted by Gasteiger charge is -2.39. The third kappa shape index (κ3) is 11.0. The quantitative estimate of drug-likeness (QED) is 0.164. The molecule has 2 N–H and O–H groups in total. The molecule has 0 saturated carbocycles. The number of rotatable bonds is 14. The normalized spacial score (nSPS) is 13.7. The van der Waals surface area contributed by atoms with Crippen LogP contribution in [0, 0.1) is 18.3 Å². The van der Waals surface area contributed by atoms with E-state index in [-0.39, 0.29) is 17.7 Å². The number of benzene rings is 1. The summed E-state index contributed by atoms with van der Waals surface area (Å²) in [7, 11) is 0. The molecule has 0 radical (unpaired) electrons. The first-order chi connectivity index (χ1) is 17.9. The molecular formula is C30H47N3O4S. The molecule has 0 aliphatic carbocycles. The van der Waals surface area contributed by atoms with Gasteiger partial charge in [-0.25, -0.2) is 4.79 Å². The summed E-state index contributed by atoms with van der Waals surface area (Å²) < 4.78 is 5.38. The minimum absolute atomic E-state index is 0.0348. The topological polar surface area (TPSA) is 87.7 Å². The van der Waals surface area contributed by atoms with Gasteiger partial charge in [-0.15, -0.1) is 6.42 Å². The maximum atomic E-state index is 14.1.